The molecular formula is C16H19N5O2S. The van der Waals surface area contributed by atoms with Gasteiger partial charge in [0.05, 0.1) is 17.7 Å². The van der Waals surface area contributed by atoms with Crippen LogP contribution in [0.1, 0.15) is 39.1 Å². The van der Waals surface area contributed by atoms with Gasteiger partial charge in [-0.05, 0) is 33.3 Å². The first-order valence-electron chi connectivity index (χ1n) is 7.68. The van der Waals surface area contributed by atoms with E-state index in [-0.39, 0.29) is 5.97 Å². The first kappa shape index (κ1) is 16.4. The predicted molar refractivity (Wildman–Crippen MR) is 93.5 cm³/mol. The number of hydrogen-bond acceptors (Lipinski definition) is 7. The van der Waals surface area contributed by atoms with Gasteiger partial charge in [0.1, 0.15) is 21.9 Å². The zero-order valence-corrected chi connectivity index (χ0v) is 14.9. The van der Waals surface area contributed by atoms with Gasteiger partial charge in [-0.2, -0.15) is 5.10 Å². The molecule has 0 bridgehead atoms. The molecule has 3 heterocycles. The number of aromatic amines is 1. The SMILES string of the molecule is CCOC(=O)c1sc2ncnc(NCc3c(C)n[nH]c3C)c2c1C. The molecule has 24 heavy (non-hydrogen) atoms. The lowest BCUT2D eigenvalue weighted by atomic mass is 10.2. The number of aromatic nitrogens is 4. The Morgan fingerprint density at radius 3 is 2.79 bits per heavy atom. The van der Waals surface area contributed by atoms with Crippen LogP contribution in [0.15, 0.2) is 6.33 Å². The third-order valence-corrected chi connectivity index (χ3v) is 5.08. The maximum absolute atomic E-state index is 12.1. The number of fused-ring (bicyclic) bond motifs is 1. The fraction of sp³-hybridized carbons (Fsp3) is 0.375. The molecule has 0 unspecified atom stereocenters. The van der Waals surface area contributed by atoms with Gasteiger partial charge >= 0.3 is 5.97 Å². The average molecular weight is 345 g/mol. The second-order valence-electron chi connectivity index (χ2n) is 5.45. The fourth-order valence-electron chi connectivity index (χ4n) is 2.60. The van der Waals surface area contributed by atoms with E-state index in [0.29, 0.717) is 23.8 Å². The monoisotopic (exact) mass is 345 g/mol. The molecule has 0 radical (unpaired) electrons. The fourth-order valence-corrected chi connectivity index (χ4v) is 3.65. The maximum atomic E-state index is 12.1. The Morgan fingerprint density at radius 2 is 2.12 bits per heavy atom. The second kappa shape index (κ2) is 6.56. The Hall–Kier alpha value is -2.48. The van der Waals surface area contributed by atoms with Gasteiger partial charge in [-0.15, -0.1) is 11.3 Å². The minimum absolute atomic E-state index is 0.314. The van der Waals surface area contributed by atoms with Crippen LogP contribution in [-0.4, -0.2) is 32.7 Å². The summed E-state index contributed by atoms with van der Waals surface area (Å²) < 4.78 is 5.12. The van der Waals surface area contributed by atoms with E-state index in [1.54, 1.807) is 6.92 Å². The molecule has 7 nitrogen and oxygen atoms in total. The van der Waals surface area contributed by atoms with Crippen molar-refractivity contribution in [1.29, 1.82) is 0 Å². The summed E-state index contributed by atoms with van der Waals surface area (Å²) in [4.78, 5) is 22.1. The van der Waals surface area contributed by atoms with Gasteiger partial charge in [-0.1, -0.05) is 0 Å². The topological polar surface area (TPSA) is 92.8 Å². The minimum atomic E-state index is -0.314. The number of ether oxygens (including phenoxy) is 1. The number of H-pyrrole nitrogens is 1. The molecular weight excluding hydrogens is 326 g/mol. The average Bonchev–Trinajstić information content (AvgIpc) is 3.07. The minimum Gasteiger partial charge on any atom is -0.462 e. The summed E-state index contributed by atoms with van der Waals surface area (Å²) in [6.07, 6.45) is 1.50. The highest BCUT2D eigenvalue weighted by Gasteiger charge is 2.20. The van der Waals surface area contributed by atoms with E-state index < -0.39 is 0 Å². The molecule has 0 spiro atoms. The molecule has 0 saturated carbocycles. The maximum Gasteiger partial charge on any atom is 0.348 e. The van der Waals surface area contributed by atoms with Crippen molar-refractivity contribution in [3.05, 3.63) is 33.7 Å². The molecule has 126 valence electrons. The second-order valence-corrected chi connectivity index (χ2v) is 6.44. The number of nitrogens with zero attached hydrogens (tertiary/aromatic N) is 3. The molecule has 0 aliphatic rings. The Kier molecular flexibility index (Phi) is 4.48. The van der Waals surface area contributed by atoms with Crippen molar-refractivity contribution in [2.75, 3.05) is 11.9 Å². The molecule has 3 rings (SSSR count). The van der Waals surface area contributed by atoms with Crippen LogP contribution in [0.5, 0.6) is 0 Å². The smallest absolute Gasteiger partial charge is 0.348 e. The first-order valence-corrected chi connectivity index (χ1v) is 8.50. The lowest BCUT2D eigenvalue weighted by Crippen LogP contribution is -2.05. The lowest BCUT2D eigenvalue weighted by Gasteiger charge is -2.07. The zero-order valence-electron chi connectivity index (χ0n) is 14.1. The number of rotatable bonds is 5. The van der Waals surface area contributed by atoms with Gasteiger partial charge in [0.2, 0.25) is 0 Å². The third kappa shape index (κ3) is 2.84. The number of aryl methyl sites for hydroxylation is 3. The number of esters is 1. The molecule has 0 fully saturated rings. The molecule has 0 aliphatic carbocycles. The van der Waals surface area contributed by atoms with Crippen molar-refractivity contribution in [1.82, 2.24) is 20.2 Å². The van der Waals surface area contributed by atoms with Crippen molar-refractivity contribution >= 4 is 33.3 Å². The molecule has 0 aromatic carbocycles. The van der Waals surface area contributed by atoms with Crippen LogP contribution >= 0.6 is 11.3 Å². The molecule has 0 atom stereocenters. The summed E-state index contributed by atoms with van der Waals surface area (Å²) in [5.41, 5.74) is 3.94. The number of thiophene rings is 1. The zero-order chi connectivity index (χ0) is 17.3. The molecule has 2 N–H and O–H groups in total. The van der Waals surface area contributed by atoms with Gasteiger partial charge in [-0.25, -0.2) is 14.8 Å². The summed E-state index contributed by atoms with van der Waals surface area (Å²) in [5.74, 6) is 0.398. The van der Waals surface area contributed by atoms with Crippen molar-refractivity contribution in [2.45, 2.75) is 34.2 Å². The highest BCUT2D eigenvalue weighted by atomic mass is 32.1. The first-order chi connectivity index (χ1) is 11.5. The van der Waals surface area contributed by atoms with E-state index >= 15 is 0 Å². The Balaban J connectivity index is 1.95. The van der Waals surface area contributed by atoms with E-state index in [0.717, 1.165) is 32.7 Å². The van der Waals surface area contributed by atoms with Crippen molar-refractivity contribution in [3.8, 4) is 0 Å². The number of carbonyl (C=O) groups excluding carboxylic acids is 1. The van der Waals surface area contributed by atoms with Crippen LogP contribution < -0.4 is 5.32 Å². The highest BCUT2D eigenvalue weighted by molar-refractivity contribution is 7.20. The number of hydrogen-bond donors (Lipinski definition) is 2. The Labute approximate surface area is 143 Å². The molecule has 3 aromatic rings. The normalized spacial score (nSPS) is 11.0. The van der Waals surface area contributed by atoms with E-state index in [1.807, 2.05) is 20.8 Å². The Bertz CT molecular complexity index is 880. The largest absolute Gasteiger partial charge is 0.462 e. The summed E-state index contributed by atoms with van der Waals surface area (Å²) in [7, 11) is 0. The standard InChI is InChI=1S/C16H19N5O2S/c1-5-23-16(22)13-8(2)12-14(18-7-19-15(12)24-13)17-6-11-9(3)20-21-10(11)4/h7H,5-6H2,1-4H3,(H,20,21)(H,17,18,19). The van der Waals surface area contributed by atoms with Gasteiger partial charge in [0, 0.05) is 17.8 Å². The molecule has 8 heteroatoms. The van der Waals surface area contributed by atoms with Crippen LogP contribution in [0, 0.1) is 20.8 Å². The number of carbonyl (C=O) groups is 1. The quantitative estimate of drug-likeness (QED) is 0.690. The molecule has 3 aromatic heterocycles. The van der Waals surface area contributed by atoms with Crippen LogP contribution in [-0.2, 0) is 11.3 Å². The van der Waals surface area contributed by atoms with Crippen LogP contribution in [0.25, 0.3) is 10.2 Å². The Morgan fingerprint density at radius 1 is 1.33 bits per heavy atom. The van der Waals surface area contributed by atoms with E-state index in [1.165, 1.54) is 17.7 Å². The van der Waals surface area contributed by atoms with E-state index in [9.17, 15) is 4.79 Å². The molecule has 0 aliphatic heterocycles. The van der Waals surface area contributed by atoms with E-state index in [4.69, 9.17) is 4.74 Å². The lowest BCUT2D eigenvalue weighted by molar-refractivity contribution is 0.0531. The van der Waals surface area contributed by atoms with E-state index in [2.05, 4.69) is 25.5 Å². The third-order valence-electron chi connectivity index (χ3n) is 3.90. The van der Waals surface area contributed by atoms with Gasteiger partial charge in [-0.3, -0.25) is 5.10 Å². The number of nitrogens with one attached hydrogen (secondary N) is 2. The molecule has 0 amide bonds. The van der Waals surface area contributed by atoms with Crippen LogP contribution in [0.2, 0.25) is 0 Å². The van der Waals surface area contributed by atoms with Crippen molar-refractivity contribution in [2.24, 2.45) is 0 Å². The predicted octanol–water partition coefficient (Wildman–Crippen LogP) is 3.13. The molecule has 0 saturated heterocycles. The summed E-state index contributed by atoms with van der Waals surface area (Å²) in [6, 6.07) is 0. The summed E-state index contributed by atoms with van der Waals surface area (Å²) >= 11 is 1.33. The van der Waals surface area contributed by atoms with Crippen LogP contribution in [0.4, 0.5) is 5.82 Å². The van der Waals surface area contributed by atoms with Gasteiger partial charge in [0.15, 0.2) is 0 Å². The number of anilines is 1. The highest BCUT2D eigenvalue weighted by Crippen LogP contribution is 2.33. The van der Waals surface area contributed by atoms with Crippen LogP contribution in [0.3, 0.4) is 0 Å². The van der Waals surface area contributed by atoms with Gasteiger partial charge in [0.25, 0.3) is 0 Å². The summed E-state index contributed by atoms with van der Waals surface area (Å²) in [5, 5.41) is 11.4. The summed E-state index contributed by atoms with van der Waals surface area (Å²) in [6.45, 7) is 8.59. The van der Waals surface area contributed by atoms with Gasteiger partial charge < -0.3 is 10.1 Å². The van der Waals surface area contributed by atoms with Crippen molar-refractivity contribution in [3.63, 3.8) is 0 Å². The van der Waals surface area contributed by atoms with Crippen molar-refractivity contribution < 1.29 is 9.53 Å².